The summed E-state index contributed by atoms with van der Waals surface area (Å²) in [5.74, 6) is 0.950. The number of aromatic nitrogens is 2. The summed E-state index contributed by atoms with van der Waals surface area (Å²) in [5.41, 5.74) is 1.03. The van der Waals surface area contributed by atoms with Gasteiger partial charge in [0.1, 0.15) is 10.5 Å². The van der Waals surface area contributed by atoms with Crippen molar-refractivity contribution in [3.05, 3.63) is 40.4 Å². The van der Waals surface area contributed by atoms with Crippen LogP contribution < -0.4 is 5.56 Å². The molecule has 2 aromatic heterocycles. The van der Waals surface area contributed by atoms with E-state index in [-0.39, 0.29) is 5.56 Å². The molecule has 0 aliphatic carbocycles. The van der Waals surface area contributed by atoms with Gasteiger partial charge in [-0.05, 0) is 12.5 Å². The van der Waals surface area contributed by atoms with Gasteiger partial charge in [0.2, 0.25) is 0 Å². The molecule has 0 fully saturated rings. The largest absolute Gasteiger partial charge is 0.295 e. The molecule has 1 aliphatic rings. The van der Waals surface area contributed by atoms with Crippen LogP contribution in [0.25, 0.3) is 20.3 Å². The monoisotopic (exact) mass is 242 g/mol. The smallest absolute Gasteiger partial charge is 0.271 e. The van der Waals surface area contributed by atoms with E-state index in [1.807, 2.05) is 22.8 Å². The normalized spacial score (nSPS) is 14.6. The minimum atomic E-state index is 0.142. The van der Waals surface area contributed by atoms with E-state index in [2.05, 4.69) is 11.1 Å². The van der Waals surface area contributed by atoms with E-state index in [0.29, 0.717) is 0 Å². The summed E-state index contributed by atoms with van der Waals surface area (Å²) in [6, 6.07) is 8.10. The van der Waals surface area contributed by atoms with E-state index in [1.54, 1.807) is 11.3 Å². The van der Waals surface area contributed by atoms with Crippen molar-refractivity contribution < 1.29 is 0 Å². The third kappa shape index (κ3) is 1.16. The van der Waals surface area contributed by atoms with Gasteiger partial charge in [-0.3, -0.25) is 9.36 Å². The SMILES string of the molecule is O=c1c2sc3ccccc3c2nc2n1CCC2. The Morgan fingerprint density at radius 2 is 2.18 bits per heavy atom. The number of hydrogen-bond donors (Lipinski definition) is 0. The van der Waals surface area contributed by atoms with E-state index in [0.717, 1.165) is 45.5 Å². The van der Waals surface area contributed by atoms with Crippen LogP contribution in [0.5, 0.6) is 0 Å². The average molecular weight is 242 g/mol. The Hall–Kier alpha value is -1.68. The standard InChI is InChI=1S/C13H10N2OS/c16-13-12-11(14-10-6-3-7-15(10)13)8-4-1-2-5-9(8)17-12/h1-2,4-5H,3,6-7H2. The zero-order valence-corrected chi connectivity index (χ0v) is 9.96. The summed E-state index contributed by atoms with van der Waals surface area (Å²) in [7, 11) is 0. The second-order valence-electron chi connectivity index (χ2n) is 4.36. The zero-order chi connectivity index (χ0) is 11.4. The highest BCUT2D eigenvalue weighted by atomic mass is 32.1. The number of fused-ring (bicyclic) bond motifs is 4. The summed E-state index contributed by atoms with van der Waals surface area (Å²) >= 11 is 1.56. The van der Waals surface area contributed by atoms with Crippen LogP contribution in [0.2, 0.25) is 0 Å². The molecule has 0 N–H and O–H groups in total. The number of benzene rings is 1. The second kappa shape index (κ2) is 3.17. The van der Waals surface area contributed by atoms with Crippen molar-refractivity contribution in [2.24, 2.45) is 0 Å². The fraction of sp³-hybridized carbons (Fsp3) is 0.231. The highest BCUT2D eigenvalue weighted by Gasteiger charge is 2.18. The van der Waals surface area contributed by atoms with E-state index >= 15 is 0 Å². The van der Waals surface area contributed by atoms with E-state index in [4.69, 9.17) is 0 Å². The quantitative estimate of drug-likeness (QED) is 0.607. The Labute approximate surface area is 101 Å². The summed E-state index contributed by atoms with van der Waals surface area (Å²) in [6.45, 7) is 0.825. The van der Waals surface area contributed by atoms with Crippen LogP contribution in [-0.2, 0) is 13.0 Å². The molecule has 4 heteroatoms. The Morgan fingerprint density at radius 1 is 1.29 bits per heavy atom. The van der Waals surface area contributed by atoms with Gasteiger partial charge in [0.15, 0.2) is 0 Å². The van der Waals surface area contributed by atoms with E-state index in [1.165, 1.54) is 0 Å². The minimum Gasteiger partial charge on any atom is -0.295 e. The average Bonchev–Trinajstić information content (AvgIpc) is 2.94. The molecule has 0 spiro atoms. The van der Waals surface area contributed by atoms with Crippen LogP contribution in [0.4, 0.5) is 0 Å². The molecule has 3 nitrogen and oxygen atoms in total. The number of rotatable bonds is 0. The first kappa shape index (κ1) is 9.36. The van der Waals surface area contributed by atoms with E-state index < -0.39 is 0 Å². The van der Waals surface area contributed by atoms with Crippen molar-refractivity contribution in [1.29, 1.82) is 0 Å². The number of nitrogens with zero attached hydrogens (tertiary/aromatic N) is 2. The van der Waals surface area contributed by atoms with Gasteiger partial charge >= 0.3 is 0 Å². The second-order valence-corrected chi connectivity index (χ2v) is 5.42. The minimum absolute atomic E-state index is 0.142. The van der Waals surface area contributed by atoms with Gasteiger partial charge in [-0.25, -0.2) is 4.98 Å². The van der Waals surface area contributed by atoms with Crippen molar-refractivity contribution in [3.63, 3.8) is 0 Å². The lowest BCUT2D eigenvalue weighted by molar-refractivity contribution is 0.720. The first-order valence-electron chi connectivity index (χ1n) is 5.75. The maximum atomic E-state index is 12.3. The molecule has 0 bridgehead atoms. The molecule has 0 atom stereocenters. The van der Waals surface area contributed by atoms with Crippen LogP contribution in [-0.4, -0.2) is 9.55 Å². The summed E-state index contributed by atoms with van der Waals surface area (Å²) < 4.78 is 3.78. The third-order valence-corrected chi connectivity index (χ3v) is 4.49. The van der Waals surface area contributed by atoms with Crippen molar-refractivity contribution in [1.82, 2.24) is 9.55 Å². The van der Waals surface area contributed by atoms with Crippen molar-refractivity contribution in [2.45, 2.75) is 19.4 Å². The van der Waals surface area contributed by atoms with Gasteiger partial charge < -0.3 is 0 Å². The van der Waals surface area contributed by atoms with Crippen LogP contribution >= 0.6 is 11.3 Å². The van der Waals surface area contributed by atoms with Gasteiger partial charge in [-0.1, -0.05) is 18.2 Å². The van der Waals surface area contributed by atoms with Gasteiger partial charge in [-0.2, -0.15) is 0 Å². The molecule has 0 saturated heterocycles. The molecular formula is C13H10N2OS. The van der Waals surface area contributed by atoms with E-state index in [9.17, 15) is 4.79 Å². The lowest BCUT2D eigenvalue weighted by Gasteiger charge is -2.01. The lowest BCUT2D eigenvalue weighted by Crippen LogP contribution is -2.19. The molecule has 0 amide bonds. The maximum Gasteiger partial charge on any atom is 0.271 e. The topological polar surface area (TPSA) is 34.9 Å². The van der Waals surface area contributed by atoms with Crippen molar-refractivity contribution in [2.75, 3.05) is 0 Å². The Balaban J connectivity index is 2.28. The fourth-order valence-electron chi connectivity index (χ4n) is 2.53. The molecule has 1 aromatic carbocycles. The molecule has 0 radical (unpaired) electrons. The highest BCUT2D eigenvalue weighted by molar-refractivity contribution is 7.25. The van der Waals surface area contributed by atoms with Crippen molar-refractivity contribution in [3.8, 4) is 0 Å². The molecule has 84 valence electrons. The molecule has 3 aromatic rings. The van der Waals surface area contributed by atoms with Crippen LogP contribution in [0.15, 0.2) is 29.1 Å². The lowest BCUT2D eigenvalue weighted by atomic mass is 10.2. The number of hydrogen-bond acceptors (Lipinski definition) is 3. The first-order valence-corrected chi connectivity index (χ1v) is 6.57. The molecule has 4 rings (SSSR count). The number of thiophene rings is 1. The Bertz CT molecular complexity index is 800. The third-order valence-electron chi connectivity index (χ3n) is 3.34. The van der Waals surface area contributed by atoms with Gasteiger partial charge in [0, 0.05) is 23.1 Å². The van der Waals surface area contributed by atoms with Gasteiger partial charge in [0.25, 0.3) is 5.56 Å². The first-order chi connectivity index (χ1) is 8.34. The predicted octanol–water partition coefficient (Wildman–Crippen LogP) is 2.56. The molecule has 3 heterocycles. The number of aryl methyl sites for hydroxylation is 1. The zero-order valence-electron chi connectivity index (χ0n) is 9.14. The molecule has 1 aliphatic heterocycles. The van der Waals surface area contributed by atoms with Crippen molar-refractivity contribution >= 4 is 31.6 Å². The highest BCUT2D eigenvalue weighted by Crippen LogP contribution is 2.31. The molecule has 0 unspecified atom stereocenters. The molecule has 0 saturated carbocycles. The molecule has 17 heavy (non-hydrogen) atoms. The predicted molar refractivity (Wildman–Crippen MR) is 69.7 cm³/mol. The van der Waals surface area contributed by atoms with Crippen LogP contribution in [0.3, 0.4) is 0 Å². The maximum absolute atomic E-state index is 12.3. The van der Waals surface area contributed by atoms with Crippen LogP contribution in [0, 0.1) is 0 Å². The summed E-state index contributed by atoms with van der Waals surface area (Å²) in [4.78, 5) is 17.0. The fourth-order valence-corrected chi connectivity index (χ4v) is 3.62. The van der Waals surface area contributed by atoms with Gasteiger partial charge in [0.05, 0.1) is 5.52 Å². The summed E-state index contributed by atoms with van der Waals surface area (Å²) in [5, 5.41) is 1.11. The summed E-state index contributed by atoms with van der Waals surface area (Å²) in [6.07, 6.45) is 1.97. The molecular weight excluding hydrogens is 232 g/mol. The van der Waals surface area contributed by atoms with Gasteiger partial charge in [-0.15, -0.1) is 11.3 Å². The van der Waals surface area contributed by atoms with Crippen LogP contribution in [0.1, 0.15) is 12.2 Å². The Morgan fingerprint density at radius 3 is 3.12 bits per heavy atom. The Kier molecular flexibility index (Phi) is 1.74.